The molecule has 0 aliphatic heterocycles. The van der Waals surface area contributed by atoms with Crippen molar-refractivity contribution in [3.63, 3.8) is 0 Å². The Labute approximate surface area is 161 Å². The number of carbonyl (C=O) groups excluding carboxylic acids is 1. The maximum absolute atomic E-state index is 13.5. The molecule has 0 aliphatic carbocycles. The number of anilines is 3. The minimum Gasteiger partial charge on any atom is -0.399 e. The lowest BCUT2D eigenvalue weighted by Crippen LogP contribution is -2.43. The Kier molecular flexibility index (Phi) is 6.66. The van der Waals surface area contributed by atoms with Gasteiger partial charge in [-0.3, -0.25) is 0 Å². The highest BCUT2D eigenvalue weighted by Crippen LogP contribution is 2.25. The topological polar surface area (TPSA) is 61.6 Å². The van der Waals surface area contributed by atoms with E-state index in [2.05, 4.69) is 19.2 Å². The van der Waals surface area contributed by atoms with Gasteiger partial charge in [0.25, 0.3) is 0 Å². The second-order valence-corrected chi connectivity index (χ2v) is 7.34. The zero-order valence-electron chi connectivity index (χ0n) is 16.7. The van der Waals surface area contributed by atoms with E-state index in [0.717, 1.165) is 11.3 Å². The van der Waals surface area contributed by atoms with Crippen LogP contribution in [0.3, 0.4) is 0 Å². The number of amides is 2. The molecule has 0 spiro atoms. The molecular formula is C21H29FN4O. The van der Waals surface area contributed by atoms with Crippen LogP contribution in [0.1, 0.15) is 26.3 Å². The van der Waals surface area contributed by atoms with Gasteiger partial charge in [-0.2, -0.15) is 0 Å². The first-order chi connectivity index (χ1) is 12.7. The van der Waals surface area contributed by atoms with Gasteiger partial charge in [0.15, 0.2) is 0 Å². The van der Waals surface area contributed by atoms with Crippen molar-refractivity contribution in [2.75, 3.05) is 30.0 Å². The van der Waals surface area contributed by atoms with Crippen LogP contribution in [0.4, 0.5) is 26.2 Å². The Morgan fingerprint density at radius 1 is 1.15 bits per heavy atom. The van der Waals surface area contributed by atoms with E-state index in [4.69, 9.17) is 5.73 Å². The number of nitrogens with two attached hydrogens (primary N) is 1. The summed E-state index contributed by atoms with van der Waals surface area (Å²) < 4.78 is 13.5. The Morgan fingerprint density at radius 3 is 2.44 bits per heavy atom. The SMILES string of the molecule is CC(C)C(C)N(Cc1cc(N)ccc1N(C)C)C(=O)Nc1cccc(F)c1. The van der Waals surface area contributed by atoms with Crippen LogP contribution >= 0.6 is 0 Å². The Hall–Kier alpha value is -2.76. The fraction of sp³-hybridized carbons (Fsp3) is 0.381. The molecule has 2 aromatic rings. The highest BCUT2D eigenvalue weighted by atomic mass is 19.1. The van der Waals surface area contributed by atoms with Gasteiger partial charge in [-0.25, -0.2) is 9.18 Å². The summed E-state index contributed by atoms with van der Waals surface area (Å²) in [6, 6.07) is 11.3. The van der Waals surface area contributed by atoms with Crippen LogP contribution in [0.15, 0.2) is 42.5 Å². The van der Waals surface area contributed by atoms with E-state index < -0.39 is 0 Å². The molecule has 0 saturated carbocycles. The van der Waals surface area contributed by atoms with Crippen LogP contribution in [0.5, 0.6) is 0 Å². The van der Waals surface area contributed by atoms with Crippen LogP contribution in [0.2, 0.25) is 0 Å². The molecule has 5 nitrogen and oxygen atoms in total. The fourth-order valence-electron chi connectivity index (χ4n) is 2.87. The molecule has 0 saturated heterocycles. The smallest absolute Gasteiger partial charge is 0.322 e. The quantitative estimate of drug-likeness (QED) is 0.731. The molecule has 146 valence electrons. The molecule has 1 atom stereocenters. The number of benzene rings is 2. The van der Waals surface area contributed by atoms with E-state index in [1.165, 1.54) is 12.1 Å². The molecule has 0 aromatic heterocycles. The normalized spacial score (nSPS) is 12.0. The number of urea groups is 1. The van der Waals surface area contributed by atoms with Gasteiger partial charge in [-0.1, -0.05) is 19.9 Å². The molecule has 2 aromatic carbocycles. The number of hydrogen-bond donors (Lipinski definition) is 2. The fourth-order valence-corrected chi connectivity index (χ4v) is 2.87. The molecule has 0 aliphatic rings. The second-order valence-electron chi connectivity index (χ2n) is 7.34. The molecule has 0 radical (unpaired) electrons. The highest BCUT2D eigenvalue weighted by molar-refractivity contribution is 5.89. The third-order valence-electron chi connectivity index (χ3n) is 4.72. The zero-order chi connectivity index (χ0) is 20.1. The molecular weight excluding hydrogens is 343 g/mol. The number of nitrogen functional groups attached to an aromatic ring is 1. The number of nitrogens with one attached hydrogen (secondary N) is 1. The number of halogens is 1. The number of carbonyl (C=O) groups is 1. The monoisotopic (exact) mass is 372 g/mol. The summed E-state index contributed by atoms with van der Waals surface area (Å²) in [4.78, 5) is 16.7. The van der Waals surface area contributed by atoms with Crippen LogP contribution in [-0.2, 0) is 6.54 Å². The molecule has 27 heavy (non-hydrogen) atoms. The van der Waals surface area contributed by atoms with Gasteiger partial charge in [0, 0.05) is 43.7 Å². The average molecular weight is 372 g/mol. The third kappa shape index (κ3) is 5.36. The average Bonchev–Trinajstić information content (AvgIpc) is 2.58. The number of nitrogens with zero attached hydrogens (tertiary/aromatic N) is 2. The maximum atomic E-state index is 13.5. The van der Waals surface area contributed by atoms with Crippen LogP contribution in [0.25, 0.3) is 0 Å². The first-order valence-corrected chi connectivity index (χ1v) is 9.08. The van der Waals surface area contributed by atoms with Gasteiger partial charge in [0.2, 0.25) is 0 Å². The molecule has 3 N–H and O–H groups in total. The van der Waals surface area contributed by atoms with Crippen molar-refractivity contribution in [3.8, 4) is 0 Å². The van der Waals surface area contributed by atoms with E-state index in [1.807, 2.05) is 44.1 Å². The van der Waals surface area contributed by atoms with Crippen molar-refractivity contribution in [2.24, 2.45) is 5.92 Å². The molecule has 1 unspecified atom stereocenters. The van der Waals surface area contributed by atoms with Crippen molar-refractivity contribution in [1.82, 2.24) is 4.90 Å². The maximum Gasteiger partial charge on any atom is 0.322 e. The minimum absolute atomic E-state index is 0.0185. The molecule has 0 heterocycles. The van der Waals surface area contributed by atoms with Crippen molar-refractivity contribution in [3.05, 3.63) is 53.8 Å². The Balaban J connectivity index is 2.32. The lowest BCUT2D eigenvalue weighted by atomic mass is 10.0. The van der Waals surface area contributed by atoms with Crippen molar-refractivity contribution in [1.29, 1.82) is 0 Å². The standard InChI is InChI=1S/C21H29FN4O/c1-14(2)15(3)26(21(27)24-19-8-6-7-17(22)12-19)13-16-11-18(23)9-10-20(16)25(4)5/h6-12,14-15H,13,23H2,1-5H3,(H,24,27). The van der Waals surface area contributed by atoms with Crippen molar-refractivity contribution in [2.45, 2.75) is 33.4 Å². The first kappa shape index (κ1) is 20.6. The van der Waals surface area contributed by atoms with E-state index in [-0.39, 0.29) is 23.8 Å². The van der Waals surface area contributed by atoms with Gasteiger partial charge >= 0.3 is 6.03 Å². The van der Waals surface area contributed by atoms with E-state index in [0.29, 0.717) is 17.9 Å². The minimum atomic E-state index is -0.387. The van der Waals surface area contributed by atoms with Crippen LogP contribution in [-0.4, -0.2) is 31.1 Å². The summed E-state index contributed by atoms with van der Waals surface area (Å²) in [6.07, 6.45) is 0. The largest absolute Gasteiger partial charge is 0.399 e. The van der Waals surface area contributed by atoms with Crippen molar-refractivity contribution < 1.29 is 9.18 Å². The summed E-state index contributed by atoms with van der Waals surface area (Å²) >= 11 is 0. The third-order valence-corrected chi connectivity index (χ3v) is 4.72. The highest BCUT2D eigenvalue weighted by Gasteiger charge is 2.24. The predicted octanol–water partition coefficient (Wildman–Crippen LogP) is 4.55. The van der Waals surface area contributed by atoms with E-state index in [9.17, 15) is 9.18 Å². The molecule has 2 rings (SSSR count). The van der Waals surface area contributed by atoms with E-state index >= 15 is 0 Å². The summed E-state index contributed by atoms with van der Waals surface area (Å²) in [5.41, 5.74) is 9.02. The Morgan fingerprint density at radius 2 is 1.85 bits per heavy atom. The lowest BCUT2D eigenvalue weighted by Gasteiger charge is -2.33. The summed E-state index contributed by atoms with van der Waals surface area (Å²) in [5.74, 6) is -0.130. The molecule has 0 fully saturated rings. The van der Waals surface area contributed by atoms with Gasteiger partial charge < -0.3 is 20.9 Å². The van der Waals surface area contributed by atoms with Crippen LogP contribution in [0, 0.1) is 11.7 Å². The second kappa shape index (κ2) is 8.75. The van der Waals surface area contributed by atoms with Gasteiger partial charge in [0.05, 0.1) is 0 Å². The number of rotatable bonds is 6. The van der Waals surface area contributed by atoms with Crippen LogP contribution < -0.4 is 16.0 Å². The first-order valence-electron chi connectivity index (χ1n) is 9.08. The van der Waals surface area contributed by atoms with E-state index in [1.54, 1.807) is 17.0 Å². The zero-order valence-corrected chi connectivity index (χ0v) is 16.7. The van der Waals surface area contributed by atoms with Gasteiger partial charge in [0.1, 0.15) is 5.82 Å². The molecule has 0 bridgehead atoms. The number of hydrogen-bond acceptors (Lipinski definition) is 3. The summed E-state index contributed by atoms with van der Waals surface area (Å²) in [7, 11) is 3.91. The summed E-state index contributed by atoms with van der Waals surface area (Å²) in [5, 5.41) is 2.80. The Bertz CT molecular complexity index is 792. The predicted molar refractivity (Wildman–Crippen MR) is 110 cm³/mol. The summed E-state index contributed by atoms with van der Waals surface area (Å²) in [6.45, 7) is 6.55. The lowest BCUT2D eigenvalue weighted by molar-refractivity contribution is 0.170. The van der Waals surface area contributed by atoms with Crippen molar-refractivity contribution >= 4 is 23.1 Å². The molecule has 2 amide bonds. The molecule has 6 heteroatoms. The van der Waals surface area contributed by atoms with Gasteiger partial charge in [-0.15, -0.1) is 0 Å². The van der Waals surface area contributed by atoms with Gasteiger partial charge in [-0.05, 0) is 54.8 Å².